The van der Waals surface area contributed by atoms with Crippen molar-refractivity contribution in [3.8, 4) is 5.69 Å². The zero-order valence-electron chi connectivity index (χ0n) is 10.7. The molecule has 2 atom stereocenters. The highest BCUT2D eigenvalue weighted by molar-refractivity contribution is 8.00. The van der Waals surface area contributed by atoms with Gasteiger partial charge in [-0.1, -0.05) is 18.2 Å². The number of hydrogen-bond donors (Lipinski definition) is 2. The smallest absolute Gasteiger partial charge is 0.0751 e. The average molecular weight is 274 g/mol. The molecule has 0 spiro atoms. The molecule has 100 valence electrons. The van der Waals surface area contributed by atoms with Crippen LogP contribution >= 0.6 is 11.8 Å². The molecule has 1 aromatic heterocycles. The van der Waals surface area contributed by atoms with Crippen molar-refractivity contribution < 1.29 is 0 Å². The minimum absolute atomic E-state index is 0.148. The molecule has 0 bridgehead atoms. The van der Waals surface area contributed by atoms with Crippen molar-refractivity contribution in [2.45, 2.75) is 24.1 Å². The van der Waals surface area contributed by atoms with E-state index in [1.165, 1.54) is 18.6 Å². The summed E-state index contributed by atoms with van der Waals surface area (Å²) in [6, 6.07) is 12.4. The van der Waals surface area contributed by atoms with Gasteiger partial charge in [-0.25, -0.2) is 4.68 Å². The molecule has 0 saturated carbocycles. The van der Waals surface area contributed by atoms with Crippen molar-refractivity contribution in [2.24, 2.45) is 5.84 Å². The van der Waals surface area contributed by atoms with Crippen molar-refractivity contribution in [3.63, 3.8) is 0 Å². The lowest BCUT2D eigenvalue weighted by molar-refractivity contribution is 0.496. The number of nitrogens with zero attached hydrogens (tertiary/aromatic N) is 2. The molecule has 0 radical (unpaired) electrons. The quantitative estimate of drug-likeness (QED) is 0.663. The Labute approximate surface area is 117 Å². The van der Waals surface area contributed by atoms with Gasteiger partial charge in [0.2, 0.25) is 0 Å². The van der Waals surface area contributed by atoms with Crippen molar-refractivity contribution >= 4 is 11.8 Å². The Morgan fingerprint density at radius 2 is 2.16 bits per heavy atom. The van der Waals surface area contributed by atoms with Gasteiger partial charge in [0.25, 0.3) is 0 Å². The number of nitrogens with two attached hydrogens (primary N) is 1. The normalized spacial score (nSPS) is 20.6. The summed E-state index contributed by atoms with van der Waals surface area (Å²) in [4.78, 5) is 0. The lowest BCUT2D eigenvalue weighted by atomic mass is 10.1. The van der Waals surface area contributed by atoms with E-state index in [1.54, 1.807) is 0 Å². The summed E-state index contributed by atoms with van der Waals surface area (Å²) in [5.41, 5.74) is 5.18. The highest BCUT2D eigenvalue weighted by Gasteiger charge is 2.28. The Bertz CT molecular complexity index is 519. The minimum Gasteiger partial charge on any atom is -0.271 e. The van der Waals surface area contributed by atoms with Gasteiger partial charge in [-0.2, -0.15) is 16.9 Å². The van der Waals surface area contributed by atoms with E-state index < -0.39 is 0 Å². The number of aromatic nitrogens is 2. The maximum absolute atomic E-state index is 5.79. The highest BCUT2D eigenvalue weighted by Crippen LogP contribution is 2.35. The first-order chi connectivity index (χ1) is 9.40. The van der Waals surface area contributed by atoms with Gasteiger partial charge in [-0.3, -0.25) is 11.3 Å². The SMILES string of the molecule is NNC(c1ccnn1-c1ccccc1)C1CCCS1. The lowest BCUT2D eigenvalue weighted by Crippen LogP contribution is -2.35. The van der Waals surface area contributed by atoms with Crippen LogP contribution < -0.4 is 11.3 Å². The Morgan fingerprint density at radius 3 is 2.84 bits per heavy atom. The molecule has 3 N–H and O–H groups in total. The van der Waals surface area contributed by atoms with Gasteiger partial charge in [0.15, 0.2) is 0 Å². The number of nitrogens with one attached hydrogen (secondary N) is 1. The van der Waals surface area contributed by atoms with Gasteiger partial charge in [0.05, 0.1) is 17.4 Å². The van der Waals surface area contributed by atoms with E-state index >= 15 is 0 Å². The minimum atomic E-state index is 0.148. The second-order valence-corrected chi connectivity index (χ2v) is 6.05. The van der Waals surface area contributed by atoms with Crippen LogP contribution in [0.25, 0.3) is 5.69 Å². The molecule has 2 unspecified atom stereocenters. The third-order valence-electron chi connectivity index (χ3n) is 3.51. The van der Waals surface area contributed by atoms with Crippen molar-refractivity contribution in [1.82, 2.24) is 15.2 Å². The molecule has 19 heavy (non-hydrogen) atoms. The number of para-hydroxylation sites is 1. The van der Waals surface area contributed by atoms with E-state index in [2.05, 4.69) is 28.7 Å². The van der Waals surface area contributed by atoms with Crippen LogP contribution in [0.1, 0.15) is 24.6 Å². The third kappa shape index (κ3) is 2.54. The zero-order valence-corrected chi connectivity index (χ0v) is 11.5. The number of benzene rings is 1. The summed E-state index contributed by atoms with van der Waals surface area (Å²) in [5.74, 6) is 7.01. The fourth-order valence-electron chi connectivity index (χ4n) is 2.58. The molecule has 5 heteroatoms. The standard InChI is InChI=1S/C14H18N4S/c15-17-14(13-7-4-10-19-13)12-8-9-16-18(12)11-5-2-1-3-6-11/h1-3,5-6,8-9,13-14,17H,4,7,10,15H2. The molecule has 1 aliphatic rings. The first kappa shape index (κ1) is 12.7. The predicted molar refractivity (Wildman–Crippen MR) is 79.1 cm³/mol. The van der Waals surface area contributed by atoms with E-state index in [1.807, 2.05) is 40.8 Å². The van der Waals surface area contributed by atoms with Gasteiger partial charge in [0, 0.05) is 11.4 Å². The van der Waals surface area contributed by atoms with Crippen LogP contribution in [0.4, 0.5) is 0 Å². The summed E-state index contributed by atoms with van der Waals surface area (Å²) < 4.78 is 1.98. The van der Waals surface area contributed by atoms with Crippen LogP contribution in [-0.2, 0) is 0 Å². The fourth-order valence-corrected chi connectivity index (χ4v) is 3.96. The van der Waals surface area contributed by atoms with E-state index in [0.29, 0.717) is 5.25 Å². The van der Waals surface area contributed by atoms with E-state index in [4.69, 9.17) is 5.84 Å². The van der Waals surface area contributed by atoms with Crippen molar-refractivity contribution in [3.05, 3.63) is 48.3 Å². The number of rotatable bonds is 4. The van der Waals surface area contributed by atoms with E-state index in [0.717, 1.165) is 11.4 Å². The maximum atomic E-state index is 5.79. The molecular formula is C14H18N4S. The van der Waals surface area contributed by atoms with Crippen molar-refractivity contribution in [2.75, 3.05) is 5.75 Å². The van der Waals surface area contributed by atoms with Crippen LogP contribution in [0, 0.1) is 0 Å². The molecule has 1 saturated heterocycles. The summed E-state index contributed by atoms with van der Waals surface area (Å²) in [6.45, 7) is 0. The number of thioether (sulfide) groups is 1. The molecule has 1 fully saturated rings. The number of hydrogen-bond acceptors (Lipinski definition) is 4. The molecule has 0 aliphatic carbocycles. The van der Waals surface area contributed by atoms with Gasteiger partial charge >= 0.3 is 0 Å². The Morgan fingerprint density at radius 1 is 1.32 bits per heavy atom. The van der Waals surface area contributed by atoms with E-state index in [-0.39, 0.29) is 6.04 Å². The van der Waals surface area contributed by atoms with Gasteiger partial charge in [-0.15, -0.1) is 0 Å². The van der Waals surface area contributed by atoms with Crippen LogP contribution in [0.15, 0.2) is 42.6 Å². The fraction of sp³-hybridized carbons (Fsp3) is 0.357. The number of hydrazine groups is 1. The Hall–Kier alpha value is -1.30. The summed E-state index contributed by atoms with van der Waals surface area (Å²) in [5, 5.41) is 4.97. The topological polar surface area (TPSA) is 55.9 Å². The largest absolute Gasteiger partial charge is 0.271 e. The molecule has 4 nitrogen and oxygen atoms in total. The predicted octanol–water partition coefficient (Wildman–Crippen LogP) is 2.27. The molecular weight excluding hydrogens is 256 g/mol. The zero-order chi connectivity index (χ0) is 13.1. The van der Waals surface area contributed by atoms with Crippen LogP contribution in [-0.4, -0.2) is 20.8 Å². The lowest BCUT2D eigenvalue weighted by Gasteiger charge is -2.23. The summed E-state index contributed by atoms with van der Waals surface area (Å²) in [7, 11) is 0. The second-order valence-electron chi connectivity index (χ2n) is 4.70. The van der Waals surface area contributed by atoms with Gasteiger partial charge in [-0.05, 0) is 36.8 Å². The Balaban J connectivity index is 1.94. The summed E-state index contributed by atoms with van der Waals surface area (Å²) >= 11 is 1.99. The molecule has 0 amide bonds. The monoisotopic (exact) mass is 274 g/mol. The first-order valence-electron chi connectivity index (χ1n) is 6.57. The molecule has 2 heterocycles. The van der Waals surface area contributed by atoms with Crippen molar-refractivity contribution in [1.29, 1.82) is 0 Å². The molecule has 1 aromatic carbocycles. The van der Waals surface area contributed by atoms with E-state index in [9.17, 15) is 0 Å². The molecule has 2 aromatic rings. The van der Waals surface area contributed by atoms with Crippen LogP contribution in [0.2, 0.25) is 0 Å². The third-order valence-corrected chi connectivity index (χ3v) is 4.97. The Kier molecular flexibility index (Phi) is 3.87. The average Bonchev–Trinajstić information content (AvgIpc) is 3.12. The van der Waals surface area contributed by atoms with Crippen LogP contribution in [0.5, 0.6) is 0 Å². The van der Waals surface area contributed by atoms with Gasteiger partial charge in [0.1, 0.15) is 0 Å². The van der Waals surface area contributed by atoms with Crippen LogP contribution in [0.3, 0.4) is 0 Å². The highest BCUT2D eigenvalue weighted by atomic mass is 32.2. The molecule has 3 rings (SSSR count). The first-order valence-corrected chi connectivity index (χ1v) is 7.62. The maximum Gasteiger partial charge on any atom is 0.0751 e. The summed E-state index contributed by atoms with van der Waals surface area (Å²) in [6.07, 6.45) is 4.32. The van der Waals surface area contributed by atoms with Gasteiger partial charge < -0.3 is 0 Å². The second kappa shape index (κ2) is 5.77. The molecule has 1 aliphatic heterocycles.